The lowest BCUT2D eigenvalue weighted by Gasteiger charge is -2.31. The van der Waals surface area contributed by atoms with Crippen LogP contribution in [0, 0.1) is 11.6 Å². The van der Waals surface area contributed by atoms with Crippen LogP contribution in [-0.4, -0.2) is 42.9 Å². The van der Waals surface area contributed by atoms with Gasteiger partial charge in [0.05, 0.1) is 6.54 Å². The topological polar surface area (TPSA) is 56.7 Å². The van der Waals surface area contributed by atoms with Crippen molar-refractivity contribution in [3.05, 3.63) is 35.4 Å². The molecule has 1 fully saturated rings. The van der Waals surface area contributed by atoms with E-state index >= 15 is 0 Å². The van der Waals surface area contributed by atoms with Gasteiger partial charge in [-0.2, -0.15) is 0 Å². The highest BCUT2D eigenvalue weighted by atomic mass is 127. The van der Waals surface area contributed by atoms with E-state index in [0.29, 0.717) is 25.5 Å². The van der Waals surface area contributed by atoms with Crippen LogP contribution in [0.3, 0.4) is 0 Å². The van der Waals surface area contributed by atoms with Crippen molar-refractivity contribution >= 4 is 35.8 Å². The Morgan fingerprint density at radius 3 is 2.83 bits per heavy atom. The Bertz CT molecular complexity index is 597. The fraction of sp³-hybridized carbons (Fsp3) is 0.500. The molecule has 0 aromatic heterocycles. The molecule has 1 aliphatic rings. The average Bonchev–Trinajstić information content (AvgIpc) is 2.52. The van der Waals surface area contributed by atoms with Crippen molar-refractivity contribution in [2.24, 2.45) is 4.99 Å². The van der Waals surface area contributed by atoms with E-state index in [-0.39, 0.29) is 48.0 Å². The Hall–Kier alpha value is -1.45. The van der Waals surface area contributed by atoms with Crippen LogP contribution in [0.25, 0.3) is 0 Å². The van der Waals surface area contributed by atoms with Gasteiger partial charge >= 0.3 is 0 Å². The fourth-order valence-electron chi connectivity index (χ4n) is 2.47. The van der Waals surface area contributed by atoms with Crippen molar-refractivity contribution in [3.63, 3.8) is 0 Å². The van der Waals surface area contributed by atoms with E-state index in [0.717, 1.165) is 24.6 Å². The van der Waals surface area contributed by atoms with Crippen LogP contribution in [0.15, 0.2) is 23.2 Å². The minimum absolute atomic E-state index is 0. The zero-order valence-corrected chi connectivity index (χ0v) is 16.1. The van der Waals surface area contributed by atoms with Crippen LogP contribution >= 0.6 is 24.0 Å². The van der Waals surface area contributed by atoms with Gasteiger partial charge in [0.25, 0.3) is 0 Å². The number of benzene rings is 1. The Labute approximate surface area is 157 Å². The summed E-state index contributed by atoms with van der Waals surface area (Å²) in [5.41, 5.74) is 0.207. The summed E-state index contributed by atoms with van der Waals surface area (Å²) >= 11 is 0. The molecule has 1 atom stereocenters. The van der Waals surface area contributed by atoms with Crippen molar-refractivity contribution < 1.29 is 13.6 Å². The predicted molar refractivity (Wildman–Crippen MR) is 100 cm³/mol. The van der Waals surface area contributed by atoms with Crippen LogP contribution in [0.2, 0.25) is 0 Å². The van der Waals surface area contributed by atoms with Gasteiger partial charge in [-0.25, -0.2) is 13.8 Å². The summed E-state index contributed by atoms with van der Waals surface area (Å²) in [5.74, 6) is -0.299. The lowest BCUT2D eigenvalue weighted by atomic mass is 10.1. The normalized spacial score (nSPS) is 18.2. The van der Waals surface area contributed by atoms with Crippen molar-refractivity contribution in [2.75, 3.05) is 20.1 Å². The van der Waals surface area contributed by atoms with Gasteiger partial charge in [0, 0.05) is 38.2 Å². The third-order valence-electron chi connectivity index (χ3n) is 3.73. The number of piperidine rings is 1. The zero-order valence-electron chi connectivity index (χ0n) is 13.8. The summed E-state index contributed by atoms with van der Waals surface area (Å²) in [5, 5.41) is 6.32. The van der Waals surface area contributed by atoms with Crippen molar-refractivity contribution in [1.29, 1.82) is 0 Å². The number of likely N-dealkylation sites (N-methyl/N-ethyl adjacent to an activating group) is 1. The molecule has 0 saturated carbocycles. The molecular formula is C16H23F2IN4O. The van der Waals surface area contributed by atoms with E-state index in [9.17, 15) is 13.6 Å². The second kappa shape index (κ2) is 9.75. The molecule has 2 N–H and O–H groups in total. The number of nitrogens with zero attached hydrogens (tertiary/aromatic N) is 2. The summed E-state index contributed by atoms with van der Waals surface area (Å²) in [6.07, 6.45) is 1.22. The first-order chi connectivity index (χ1) is 11.0. The Kier molecular flexibility index (Phi) is 8.37. The Balaban J connectivity index is 0.00000288. The van der Waals surface area contributed by atoms with Crippen LogP contribution in [-0.2, 0) is 11.3 Å². The van der Waals surface area contributed by atoms with Gasteiger partial charge in [0.15, 0.2) is 5.96 Å². The van der Waals surface area contributed by atoms with E-state index in [1.165, 1.54) is 0 Å². The van der Waals surface area contributed by atoms with Crippen LogP contribution in [0.1, 0.15) is 25.3 Å². The molecule has 1 saturated heterocycles. The molecule has 1 heterocycles. The van der Waals surface area contributed by atoms with E-state index in [2.05, 4.69) is 15.6 Å². The lowest BCUT2D eigenvalue weighted by Crippen LogP contribution is -2.51. The van der Waals surface area contributed by atoms with Gasteiger partial charge < -0.3 is 15.5 Å². The molecule has 0 bridgehead atoms. The molecule has 1 amide bonds. The fourth-order valence-corrected chi connectivity index (χ4v) is 2.47. The highest BCUT2D eigenvalue weighted by molar-refractivity contribution is 14.0. The van der Waals surface area contributed by atoms with E-state index < -0.39 is 11.6 Å². The molecule has 134 valence electrons. The molecule has 0 aliphatic carbocycles. The summed E-state index contributed by atoms with van der Waals surface area (Å²) in [7, 11) is 1.77. The maximum atomic E-state index is 13.6. The number of carbonyl (C=O) groups is 1. The van der Waals surface area contributed by atoms with Crippen LogP contribution in [0.4, 0.5) is 8.78 Å². The number of carbonyl (C=O) groups excluding carboxylic acids is 1. The highest BCUT2D eigenvalue weighted by Crippen LogP contribution is 2.12. The van der Waals surface area contributed by atoms with Crippen molar-refractivity contribution in [3.8, 4) is 0 Å². The number of hydrogen-bond acceptors (Lipinski definition) is 2. The largest absolute Gasteiger partial charge is 0.357 e. The molecule has 1 aromatic rings. The first-order valence-corrected chi connectivity index (χ1v) is 7.72. The van der Waals surface area contributed by atoms with E-state index in [1.807, 2.05) is 6.92 Å². The SMILES string of the molecule is CCNC(=NCc1cc(F)ccc1F)NC1CCC(=O)N(C)C1.I. The number of halogens is 3. The molecule has 1 unspecified atom stereocenters. The number of guanidine groups is 1. The molecule has 5 nitrogen and oxygen atoms in total. The maximum absolute atomic E-state index is 13.6. The Morgan fingerprint density at radius 1 is 1.42 bits per heavy atom. The van der Waals surface area contributed by atoms with Crippen molar-refractivity contribution in [1.82, 2.24) is 15.5 Å². The minimum Gasteiger partial charge on any atom is -0.357 e. The molecule has 0 spiro atoms. The van der Waals surface area contributed by atoms with Gasteiger partial charge in [0.2, 0.25) is 5.91 Å². The van der Waals surface area contributed by atoms with Gasteiger partial charge in [-0.05, 0) is 31.5 Å². The molecule has 0 radical (unpaired) electrons. The van der Waals surface area contributed by atoms with Gasteiger partial charge in [-0.3, -0.25) is 4.79 Å². The maximum Gasteiger partial charge on any atom is 0.222 e. The molecule has 8 heteroatoms. The van der Waals surface area contributed by atoms with E-state index in [1.54, 1.807) is 11.9 Å². The minimum atomic E-state index is -0.484. The number of amides is 1. The zero-order chi connectivity index (χ0) is 16.8. The number of hydrogen-bond donors (Lipinski definition) is 2. The van der Waals surface area contributed by atoms with Gasteiger partial charge in [0.1, 0.15) is 11.6 Å². The molecule has 2 rings (SSSR count). The monoisotopic (exact) mass is 452 g/mol. The first-order valence-electron chi connectivity index (χ1n) is 7.72. The quantitative estimate of drug-likeness (QED) is 0.419. The predicted octanol–water partition coefficient (Wildman–Crippen LogP) is 2.26. The third kappa shape index (κ3) is 5.88. The molecular weight excluding hydrogens is 429 g/mol. The second-order valence-corrected chi connectivity index (χ2v) is 5.59. The number of nitrogens with one attached hydrogen (secondary N) is 2. The highest BCUT2D eigenvalue weighted by Gasteiger charge is 2.23. The number of likely N-dealkylation sites (tertiary alicyclic amines) is 1. The van der Waals surface area contributed by atoms with Gasteiger partial charge in [-0.15, -0.1) is 24.0 Å². The summed E-state index contributed by atoms with van der Waals surface area (Å²) in [6.45, 7) is 3.22. The molecule has 1 aromatic carbocycles. The standard InChI is InChI=1S/C16H22F2N4O.HI/c1-3-19-16(21-13-5-7-15(23)22(2)10-13)20-9-11-8-12(17)4-6-14(11)18;/h4,6,8,13H,3,5,7,9-10H2,1-2H3,(H2,19,20,21);1H. The second-order valence-electron chi connectivity index (χ2n) is 5.59. The van der Waals surface area contributed by atoms with Gasteiger partial charge in [-0.1, -0.05) is 0 Å². The number of aliphatic imine (C=N–C) groups is 1. The molecule has 24 heavy (non-hydrogen) atoms. The molecule has 1 aliphatic heterocycles. The Morgan fingerprint density at radius 2 is 2.17 bits per heavy atom. The summed E-state index contributed by atoms with van der Waals surface area (Å²) in [4.78, 5) is 17.5. The summed E-state index contributed by atoms with van der Waals surface area (Å²) in [6, 6.07) is 3.42. The average molecular weight is 452 g/mol. The van der Waals surface area contributed by atoms with Crippen molar-refractivity contribution in [2.45, 2.75) is 32.4 Å². The first kappa shape index (κ1) is 20.6. The summed E-state index contributed by atoms with van der Waals surface area (Å²) < 4.78 is 26.8. The smallest absolute Gasteiger partial charge is 0.222 e. The van der Waals surface area contributed by atoms with Crippen LogP contribution in [0.5, 0.6) is 0 Å². The number of rotatable bonds is 4. The van der Waals surface area contributed by atoms with E-state index in [4.69, 9.17) is 0 Å². The third-order valence-corrected chi connectivity index (χ3v) is 3.73. The van der Waals surface area contributed by atoms with Crippen LogP contribution < -0.4 is 10.6 Å². The lowest BCUT2D eigenvalue weighted by molar-refractivity contribution is -0.132.